The Labute approximate surface area is 130 Å². The molecule has 0 amide bonds. The number of hydrogen-bond acceptors (Lipinski definition) is 7. The molecule has 0 aliphatic carbocycles. The zero-order chi connectivity index (χ0) is 15.2. The third-order valence-corrected chi connectivity index (χ3v) is 4.38. The van der Waals surface area contributed by atoms with E-state index in [1.807, 2.05) is 0 Å². The van der Waals surface area contributed by atoms with E-state index >= 15 is 0 Å². The minimum atomic E-state index is -0.329. The maximum atomic E-state index is 11.6. The molecule has 6 nitrogen and oxygen atoms in total. The molecule has 0 radical (unpaired) electrons. The largest absolute Gasteiger partial charge is 0.461 e. The van der Waals surface area contributed by atoms with Gasteiger partial charge in [0.25, 0.3) is 0 Å². The molecule has 0 saturated carbocycles. The molecular formula is C14H24N4O2S. The lowest BCUT2D eigenvalue weighted by atomic mass is 10.3. The number of thiazole rings is 1. The third-order valence-electron chi connectivity index (χ3n) is 3.48. The average Bonchev–Trinajstić information content (AvgIpc) is 2.96. The number of esters is 1. The van der Waals surface area contributed by atoms with Gasteiger partial charge in [-0.05, 0) is 21.0 Å². The predicted octanol–water partition coefficient (Wildman–Crippen LogP) is 1.00. The minimum Gasteiger partial charge on any atom is -0.461 e. The predicted molar refractivity (Wildman–Crippen MR) is 85.3 cm³/mol. The van der Waals surface area contributed by atoms with E-state index in [2.05, 4.69) is 33.8 Å². The summed E-state index contributed by atoms with van der Waals surface area (Å²) >= 11 is 1.52. The molecular weight excluding hydrogens is 288 g/mol. The van der Waals surface area contributed by atoms with Crippen LogP contribution in [0.5, 0.6) is 0 Å². The first-order valence-electron chi connectivity index (χ1n) is 7.35. The summed E-state index contributed by atoms with van der Waals surface area (Å²) in [7, 11) is 4.20. The van der Waals surface area contributed by atoms with Gasteiger partial charge in [-0.2, -0.15) is 0 Å². The molecule has 0 N–H and O–H groups in total. The van der Waals surface area contributed by atoms with Crippen molar-refractivity contribution in [3.05, 3.63) is 11.1 Å². The van der Waals surface area contributed by atoms with Gasteiger partial charge in [-0.25, -0.2) is 9.78 Å². The van der Waals surface area contributed by atoms with Gasteiger partial charge in [0.2, 0.25) is 0 Å². The molecule has 0 spiro atoms. The highest BCUT2D eigenvalue weighted by molar-refractivity contribution is 7.13. The molecule has 1 aromatic rings. The number of ether oxygens (including phenoxy) is 1. The van der Waals surface area contributed by atoms with Crippen LogP contribution >= 0.6 is 11.3 Å². The van der Waals surface area contributed by atoms with Crippen molar-refractivity contribution in [2.75, 3.05) is 64.9 Å². The number of piperazine rings is 1. The molecule has 0 unspecified atom stereocenters. The van der Waals surface area contributed by atoms with E-state index in [1.165, 1.54) is 11.3 Å². The normalized spacial score (nSPS) is 16.5. The standard InChI is InChI=1S/C14H24N4O2S/c1-4-20-13(19)12-11-21-14(15-12)18-9-7-17(8-10-18)6-5-16(2)3/h11H,4-10H2,1-3H3. The molecule has 0 bridgehead atoms. The molecule has 1 aliphatic rings. The lowest BCUT2D eigenvalue weighted by Gasteiger charge is -2.35. The zero-order valence-electron chi connectivity index (χ0n) is 13.0. The van der Waals surface area contributed by atoms with Crippen LogP contribution in [0.3, 0.4) is 0 Å². The zero-order valence-corrected chi connectivity index (χ0v) is 13.9. The van der Waals surface area contributed by atoms with Crippen molar-refractivity contribution >= 4 is 22.4 Å². The average molecular weight is 312 g/mol. The highest BCUT2D eigenvalue weighted by Crippen LogP contribution is 2.22. The Balaban J connectivity index is 1.83. The second kappa shape index (κ2) is 7.72. The van der Waals surface area contributed by atoms with Crippen molar-refractivity contribution in [3.63, 3.8) is 0 Å². The number of hydrogen-bond donors (Lipinski definition) is 0. The third kappa shape index (κ3) is 4.66. The van der Waals surface area contributed by atoms with Gasteiger partial charge < -0.3 is 14.5 Å². The molecule has 2 rings (SSSR count). The van der Waals surface area contributed by atoms with Crippen molar-refractivity contribution in [1.29, 1.82) is 0 Å². The van der Waals surface area contributed by atoms with Crippen molar-refractivity contribution in [3.8, 4) is 0 Å². The van der Waals surface area contributed by atoms with Gasteiger partial charge in [0, 0.05) is 44.6 Å². The number of likely N-dealkylation sites (N-methyl/N-ethyl adjacent to an activating group) is 1. The van der Waals surface area contributed by atoms with Crippen LogP contribution in [0, 0.1) is 0 Å². The number of aromatic nitrogens is 1. The Hall–Kier alpha value is -1.18. The topological polar surface area (TPSA) is 48.9 Å². The summed E-state index contributed by atoms with van der Waals surface area (Å²) in [6.07, 6.45) is 0. The van der Waals surface area contributed by atoms with E-state index in [0.717, 1.165) is 44.4 Å². The van der Waals surface area contributed by atoms with Crippen LogP contribution < -0.4 is 4.90 Å². The first-order valence-corrected chi connectivity index (χ1v) is 8.22. The molecule has 118 valence electrons. The first kappa shape index (κ1) is 16.2. The van der Waals surface area contributed by atoms with Crippen molar-refractivity contribution < 1.29 is 9.53 Å². The summed E-state index contributed by atoms with van der Waals surface area (Å²) in [5.74, 6) is -0.329. The number of carbonyl (C=O) groups excluding carboxylic acids is 1. The van der Waals surface area contributed by atoms with Crippen LogP contribution in [0.4, 0.5) is 5.13 Å². The monoisotopic (exact) mass is 312 g/mol. The van der Waals surface area contributed by atoms with Crippen molar-refractivity contribution in [1.82, 2.24) is 14.8 Å². The molecule has 0 aromatic carbocycles. The lowest BCUT2D eigenvalue weighted by Crippen LogP contribution is -2.48. The number of nitrogens with zero attached hydrogens (tertiary/aromatic N) is 4. The molecule has 1 aliphatic heterocycles. The number of anilines is 1. The summed E-state index contributed by atoms with van der Waals surface area (Å²) in [5, 5.41) is 2.71. The molecule has 1 saturated heterocycles. The van der Waals surface area contributed by atoms with Gasteiger partial charge in [-0.15, -0.1) is 11.3 Å². The van der Waals surface area contributed by atoms with Crippen LogP contribution in [0.25, 0.3) is 0 Å². The van der Waals surface area contributed by atoms with Crippen molar-refractivity contribution in [2.24, 2.45) is 0 Å². The van der Waals surface area contributed by atoms with Gasteiger partial charge in [0.15, 0.2) is 10.8 Å². The first-order chi connectivity index (χ1) is 10.1. The number of carbonyl (C=O) groups is 1. The van der Waals surface area contributed by atoms with E-state index in [-0.39, 0.29) is 5.97 Å². The molecule has 21 heavy (non-hydrogen) atoms. The van der Waals surface area contributed by atoms with Gasteiger partial charge in [-0.3, -0.25) is 4.90 Å². The second-order valence-corrected chi connectivity index (χ2v) is 6.20. The highest BCUT2D eigenvalue weighted by Gasteiger charge is 2.20. The SMILES string of the molecule is CCOC(=O)c1csc(N2CCN(CCN(C)C)CC2)n1. The Kier molecular flexibility index (Phi) is 5.96. The van der Waals surface area contributed by atoms with E-state index in [1.54, 1.807) is 12.3 Å². The fourth-order valence-corrected chi connectivity index (χ4v) is 3.06. The Morgan fingerprint density at radius 1 is 1.38 bits per heavy atom. The van der Waals surface area contributed by atoms with Crippen LogP contribution in [0.2, 0.25) is 0 Å². The van der Waals surface area contributed by atoms with Gasteiger partial charge in [0.05, 0.1) is 6.61 Å². The smallest absolute Gasteiger partial charge is 0.357 e. The summed E-state index contributed by atoms with van der Waals surface area (Å²) < 4.78 is 4.97. The highest BCUT2D eigenvalue weighted by atomic mass is 32.1. The minimum absolute atomic E-state index is 0.329. The van der Waals surface area contributed by atoms with Crippen LogP contribution in [-0.4, -0.2) is 80.7 Å². The van der Waals surface area contributed by atoms with Gasteiger partial charge >= 0.3 is 5.97 Å². The summed E-state index contributed by atoms with van der Waals surface area (Å²) in [5.41, 5.74) is 0.423. The summed E-state index contributed by atoms with van der Waals surface area (Å²) in [6.45, 7) is 8.39. The molecule has 2 heterocycles. The fourth-order valence-electron chi connectivity index (χ4n) is 2.21. The van der Waals surface area contributed by atoms with E-state index < -0.39 is 0 Å². The van der Waals surface area contributed by atoms with E-state index in [9.17, 15) is 4.79 Å². The fraction of sp³-hybridized carbons (Fsp3) is 0.714. The van der Waals surface area contributed by atoms with Crippen LogP contribution in [-0.2, 0) is 4.74 Å². The molecule has 7 heteroatoms. The van der Waals surface area contributed by atoms with E-state index in [4.69, 9.17) is 4.74 Å². The Morgan fingerprint density at radius 2 is 2.10 bits per heavy atom. The molecule has 0 atom stereocenters. The Bertz CT molecular complexity index is 456. The van der Waals surface area contributed by atoms with Crippen LogP contribution in [0.15, 0.2) is 5.38 Å². The molecule has 1 aromatic heterocycles. The second-order valence-electron chi connectivity index (χ2n) is 5.37. The van der Waals surface area contributed by atoms with Crippen LogP contribution in [0.1, 0.15) is 17.4 Å². The van der Waals surface area contributed by atoms with E-state index in [0.29, 0.717) is 12.3 Å². The summed E-state index contributed by atoms with van der Waals surface area (Å²) in [4.78, 5) is 23.0. The lowest BCUT2D eigenvalue weighted by molar-refractivity contribution is 0.0520. The summed E-state index contributed by atoms with van der Waals surface area (Å²) in [6, 6.07) is 0. The Morgan fingerprint density at radius 3 is 2.71 bits per heavy atom. The quantitative estimate of drug-likeness (QED) is 0.731. The van der Waals surface area contributed by atoms with Crippen molar-refractivity contribution in [2.45, 2.75) is 6.92 Å². The maximum absolute atomic E-state index is 11.6. The molecule has 1 fully saturated rings. The van der Waals surface area contributed by atoms with Gasteiger partial charge in [-0.1, -0.05) is 0 Å². The van der Waals surface area contributed by atoms with Gasteiger partial charge in [0.1, 0.15) is 0 Å². The number of rotatable bonds is 6. The maximum Gasteiger partial charge on any atom is 0.357 e.